The summed E-state index contributed by atoms with van der Waals surface area (Å²) < 4.78 is 0. The highest BCUT2D eigenvalue weighted by Crippen LogP contribution is 2.35. The molecule has 0 atom stereocenters. The van der Waals surface area contributed by atoms with Crippen LogP contribution in [-0.4, -0.2) is 0 Å². The van der Waals surface area contributed by atoms with Gasteiger partial charge in [-0.05, 0) is 46.2 Å². The van der Waals surface area contributed by atoms with Crippen molar-refractivity contribution < 1.29 is 0 Å². The Balaban J connectivity index is 0.000000693. The summed E-state index contributed by atoms with van der Waals surface area (Å²) >= 11 is 0. The van der Waals surface area contributed by atoms with Crippen molar-refractivity contribution in [1.82, 2.24) is 0 Å². The second-order valence-electron chi connectivity index (χ2n) is 5.64. The van der Waals surface area contributed by atoms with E-state index < -0.39 is 0 Å². The van der Waals surface area contributed by atoms with Crippen LogP contribution in [0.25, 0.3) is 32.3 Å². The molecule has 0 saturated carbocycles. The molecule has 0 nitrogen and oxygen atoms in total. The van der Waals surface area contributed by atoms with Crippen LogP contribution in [0.4, 0.5) is 0 Å². The zero-order valence-electron chi connectivity index (χ0n) is 13.8. The van der Waals surface area contributed by atoms with E-state index in [9.17, 15) is 0 Å². The normalized spacial score (nSPS) is 10.7. The third-order valence-corrected chi connectivity index (χ3v) is 4.15. The van der Waals surface area contributed by atoms with Gasteiger partial charge >= 0.3 is 0 Å². The van der Waals surface area contributed by atoms with Gasteiger partial charge < -0.3 is 0 Å². The molecular formula is C22H22. The van der Waals surface area contributed by atoms with Gasteiger partial charge in [-0.3, -0.25) is 0 Å². The highest BCUT2D eigenvalue weighted by Gasteiger charge is 2.08. The van der Waals surface area contributed by atoms with E-state index in [4.69, 9.17) is 0 Å². The van der Waals surface area contributed by atoms with E-state index in [0.717, 1.165) is 0 Å². The zero-order chi connectivity index (χ0) is 15.7. The van der Waals surface area contributed by atoms with Crippen molar-refractivity contribution >= 4 is 32.3 Å². The number of hydrogen-bond acceptors (Lipinski definition) is 0. The molecule has 4 rings (SSSR count). The van der Waals surface area contributed by atoms with Gasteiger partial charge in [-0.1, -0.05) is 85.6 Å². The Labute approximate surface area is 132 Å². The average molecular weight is 286 g/mol. The molecule has 0 aliphatic carbocycles. The number of aryl methyl sites for hydroxylation is 2. The van der Waals surface area contributed by atoms with Gasteiger partial charge in [0.2, 0.25) is 0 Å². The average Bonchev–Trinajstić information content (AvgIpc) is 2.57. The number of rotatable bonds is 0. The van der Waals surface area contributed by atoms with E-state index in [-0.39, 0.29) is 0 Å². The number of hydrogen-bond donors (Lipinski definition) is 0. The molecule has 0 aliphatic rings. The van der Waals surface area contributed by atoms with Gasteiger partial charge in [-0.2, -0.15) is 0 Å². The van der Waals surface area contributed by atoms with Gasteiger partial charge in [-0.25, -0.2) is 0 Å². The predicted octanol–water partition coefficient (Wildman–Crippen LogP) is 6.79. The van der Waals surface area contributed by atoms with Gasteiger partial charge in [0, 0.05) is 0 Å². The summed E-state index contributed by atoms with van der Waals surface area (Å²) in [4.78, 5) is 0. The smallest absolute Gasteiger partial charge is 0.00963 e. The van der Waals surface area contributed by atoms with Gasteiger partial charge in [0.1, 0.15) is 0 Å². The van der Waals surface area contributed by atoms with Crippen molar-refractivity contribution in [2.45, 2.75) is 27.7 Å². The highest BCUT2D eigenvalue weighted by atomic mass is 14.1. The van der Waals surface area contributed by atoms with E-state index in [1.165, 1.54) is 43.4 Å². The van der Waals surface area contributed by atoms with Crippen LogP contribution in [-0.2, 0) is 0 Å². The molecule has 22 heavy (non-hydrogen) atoms. The largest absolute Gasteiger partial charge is 0.0683 e. The first kappa shape index (κ1) is 14.6. The molecule has 0 heteroatoms. The number of benzene rings is 4. The van der Waals surface area contributed by atoms with Gasteiger partial charge in [0.05, 0.1) is 0 Å². The van der Waals surface area contributed by atoms with Crippen LogP contribution in [0.5, 0.6) is 0 Å². The molecule has 0 unspecified atom stereocenters. The monoisotopic (exact) mass is 286 g/mol. The van der Waals surface area contributed by atoms with Gasteiger partial charge in [0.15, 0.2) is 0 Å². The quantitative estimate of drug-likeness (QED) is 0.312. The molecule has 0 fully saturated rings. The molecule has 0 heterocycles. The Kier molecular flexibility index (Phi) is 3.85. The maximum absolute atomic E-state index is 2.30. The molecule has 0 amide bonds. The van der Waals surface area contributed by atoms with E-state index in [1.807, 2.05) is 13.8 Å². The first-order valence-corrected chi connectivity index (χ1v) is 8.05. The summed E-state index contributed by atoms with van der Waals surface area (Å²) in [7, 11) is 0. The lowest BCUT2D eigenvalue weighted by Crippen LogP contribution is -1.85. The molecule has 0 spiro atoms. The molecule has 0 aromatic heterocycles. The summed E-state index contributed by atoms with van der Waals surface area (Å²) in [6.45, 7) is 8.32. The summed E-state index contributed by atoms with van der Waals surface area (Å²) in [6, 6.07) is 22.3. The molecule has 0 saturated heterocycles. The third-order valence-electron chi connectivity index (χ3n) is 4.15. The minimum atomic E-state index is 1.31. The second kappa shape index (κ2) is 5.81. The lowest BCUT2D eigenvalue weighted by molar-refractivity contribution is 1.50. The molecular weight excluding hydrogens is 264 g/mol. The molecule has 4 aromatic carbocycles. The van der Waals surface area contributed by atoms with E-state index in [1.54, 1.807) is 0 Å². The second-order valence-corrected chi connectivity index (χ2v) is 5.64. The Morgan fingerprint density at radius 2 is 0.818 bits per heavy atom. The van der Waals surface area contributed by atoms with Crippen LogP contribution in [0.15, 0.2) is 60.7 Å². The van der Waals surface area contributed by atoms with Crippen LogP contribution < -0.4 is 0 Å². The zero-order valence-corrected chi connectivity index (χ0v) is 13.8. The molecule has 0 bridgehead atoms. The van der Waals surface area contributed by atoms with Crippen LogP contribution in [0.3, 0.4) is 0 Å². The van der Waals surface area contributed by atoms with Crippen LogP contribution in [0.2, 0.25) is 0 Å². The Morgan fingerprint density at radius 3 is 1.23 bits per heavy atom. The molecule has 0 radical (unpaired) electrons. The van der Waals surface area contributed by atoms with Gasteiger partial charge in [0.25, 0.3) is 0 Å². The first-order chi connectivity index (χ1) is 10.7. The Hall–Kier alpha value is -2.34. The van der Waals surface area contributed by atoms with Crippen LogP contribution >= 0.6 is 0 Å². The van der Waals surface area contributed by atoms with Crippen molar-refractivity contribution in [3.05, 3.63) is 71.8 Å². The van der Waals surface area contributed by atoms with Crippen molar-refractivity contribution in [2.75, 3.05) is 0 Å². The van der Waals surface area contributed by atoms with E-state index >= 15 is 0 Å². The van der Waals surface area contributed by atoms with Crippen molar-refractivity contribution in [2.24, 2.45) is 0 Å². The molecule has 0 aliphatic heterocycles. The van der Waals surface area contributed by atoms with E-state index in [0.29, 0.717) is 0 Å². The van der Waals surface area contributed by atoms with Crippen molar-refractivity contribution in [1.29, 1.82) is 0 Å². The maximum Gasteiger partial charge on any atom is -0.00963 e. The number of fused-ring (bicyclic) bond motifs is 6. The minimum Gasteiger partial charge on any atom is -0.0683 e. The van der Waals surface area contributed by atoms with Gasteiger partial charge in [-0.15, -0.1) is 0 Å². The maximum atomic E-state index is 2.30. The van der Waals surface area contributed by atoms with Crippen LogP contribution in [0, 0.1) is 13.8 Å². The van der Waals surface area contributed by atoms with Crippen LogP contribution in [0.1, 0.15) is 25.0 Å². The summed E-state index contributed by atoms with van der Waals surface area (Å²) in [5.74, 6) is 0. The SMILES string of the molecule is CC.Cc1ccc2c3ccc(C)cc3c3ccccc3c2c1. The summed E-state index contributed by atoms with van der Waals surface area (Å²) in [5.41, 5.74) is 2.63. The summed E-state index contributed by atoms with van der Waals surface area (Å²) in [5, 5.41) is 8.12. The fourth-order valence-corrected chi connectivity index (χ4v) is 3.18. The predicted molar refractivity (Wildman–Crippen MR) is 99.8 cm³/mol. The van der Waals surface area contributed by atoms with E-state index in [2.05, 4.69) is 74.5 Å². The lowest BCUT2D eigenvalue weighted by Gasteiger charge is -2.11. The third kappa shape index (κ3) is 2.25. The first-order valence-electron chi connectivity index (χ1n) is 8.05. The van der Waals surface area contributed by atoms with Crippen molar-refractivity contribution in [3.63, 3.8) is 0 Å². The standard InChI is InChI=1S/C20H16.C2H6/c1-13-7-9-17-18-10-8-14(2)12-20(18)16-6-4-3-5-15(16)19(17)11-13;1-2/h3-12H,1-2H3;1-2H3. The molecule has 4 aromatic rings. The fourth-order valence-electron chi connectivity index (χ4n) is 3.18. The highest BCUT2D eigenvalue weighted by molar-refractivity contribution is 6.25. The Bertz CT molecular complexity index is 861. The summed E-state index contributed by atoms with van der Waals surface area (Å²) in [6.07, 6.45) is 0. The lowest BCUT2D eigenvalue weighted by atomic mass is 9.93. The van der Waals surface area contributed by atoms with Crippen molar-refractivity contribution in [3.8, 4) is 0 Å². The topological polar surface area (TPSA) is 0 Å². The molecule has 0 N–H and O–H groups in total. The Morgan fingerprint density at radius 1 is 0.455 bits per heavy atom. The molecule has 110 valence electrons. The minimum absolute atomic E-state index is 1.31. The fraction of sp³-hybridized carbons (Fsp3) is 0.182.